The first-order chi connectivity index (χ1) is 31.8. The number of hydrogen-bond acceptors (Lipinski definition) is 2. The highest BCUT2D eigenvalue weighted by Crippen LogP contribution is 2.56. The van der Waals surface area contributed by atoms with Crippen LogP contribution in [0.25, 0.3) is 11.1 Å². The molecule has 0 atom stereocenters. The maximum atomic E-state index is 2.53. The average Bonchev–Trinajstić information content (AvgIpc) is 3.68. The van der Waals surface area contributed by atoms with Gasteiger partial charge in [0, 0.05) is 34.1 Å². The second-order valence-electron chi connectivity index (χ2n) is 16.8. The van der Waals surface area contributed by atoms with Gasteiger partial charge in [0.2, 0.25) is 0 Å². The molecule has 0 radical (unpaired) electrons. The van der Waals surface area contributed by atoms with Gasteiger partial charge in [-0.2, -0.15) is 0 Å². The van der Waals surface area contributed by atoms with Crippen LogP contribution in [0.2, 0.25) is 0 Å². The van der Waals surface area contributed by atoms with Gasteiger partial charge in [-0.05, 0) is 115 Å². The zero-order chi connectivity index (χ0) is 42.5. The quantitative estimate of drug-likeness (QED) is 0.141. The highest BCUT2D eigenvalue weighted by atomic mass is 28.3. The Hall–Kier alpha value is -7.98. The second kappa shape index (κ2) is 15.4. The SMILES string of the molecule is c1ccc(N(c2cccc(C3(c4ccccc4)c4ccccc4-c4ccccc43)c2)c2ccc3c(c2)[Si](c2ccccc2)(c2ccccc2)c2ccccc2N3c2ccccc2)cc1. The van der Waals surface area contributed by atoms with Gasteiger partial charge >= 0.3 is 0 Å². The molecule has 0 unspecified atom stereocenters. The largest absolute Gasteiger partial charge is 0.311 e. The average molecular weight is 833 g/mol. The van der Waals surface area contributed by atoms with E-state index in [1.165, 1.54) is 65.5 Å². The van der Waals surface area contributed by atoms with Gasteiger partial charge in [-0.1, -0.05) is 206 Å². The molecule has 0 spiro atoms. The topological polar surface area (TPSA) is 6.48 Å². The van der Waals surface area contributed by atoms with Crippen molar-refractivity contribution < 1.29 is 0 Å². The molecule has 1 heterocycles. The molecule has 10 aromatic rings. The second-order valence-corrected chi connectivity index (χ2v) is 20.5. The maximum absolute atomic E-state index is 2.97. The van der Waals surface area contributed by atoms with Gasteiger partial charge in [0.05, 0.1) is 5.41 Å². The third kappa shape index (κ3) is 5.64. The Morgan fingerprint density at radius 2 is 0.797 bits per heavy atom. The van der Waals surface area contributed by atoms with Crippen LogP contribution in [0, 0.1) is 0 Å². The minimum Gasteiger partial charge on any atom is -0.311 e. The van der Waals surface area contributed by atoms with Gasteiger partial charge in [-0.25, -0.2) is 0 Å². The molecular formula is C61H44N2Si. The van der Waals surface area contributed by atoms with E-state index < -0.39 is 13.5 Å². The van der Waals surface area contributed by atoms with Crippen molar-refractivity contribution in [1.82, 2.24) is 0 Å². The van der Waals surface area contributed by atoms with Gasteiger partial charge in [0.15, 0.2) is 8.07 Å². The molecule has 0 amide bonds. The van der Waals surface area contributed by atoms with E-state index in [1.807, 2.05) is 0 Å². The van der Waals surface area contributed by atoms with Crippen LogP contribution < -0.4 is 30.5 Å². The number of anilines is 6. The van der Waals surface area contributed by atoms with Crippen LogP contribution >= 0.6 is 0 Å². The number of hydrogen-bond donors (Lipinski definition) is 0. The predicted molar refractivity (Wildman–Crippen MR) is 270 cm³/mol. The van der Waals surface area contributed by atoms with Gasteiger partial charge in [0.1, 0.15) is 0 Å². The van der Waals surface area contributed by atoms with Crippen molar-refractivity contribution in [3.05, 3.63) is 289 Å². The molecule has 0 aromatic heterocycles. The van der Waals surface area contributed by atoms with E-state index in [4.69, 9.17) is 0 Å². The van der Waals surface area contributed by atoms with Crippen molar-refractivity contribution in [3.8, 4) is 11.1 Å². The molecule has 2 aliphatic rings. The van der Waals surface area contributed by atoms with Crippen molar-refractivity contribution in [2.45, 2.75) is 5.41 Å². The fourth-order valence-corrected chi connectivity index (χ4v) is 16.2. The zero-order valence-electron chi connectivity index (χ0n) is 35.3. The minimum absolute atomic E-state index is 0.523. The molecule has 0 fully saturated rings. The summed E-state index contributed by atoms with van der Waals surface area (Å²) >= 11 is 0. The standard InChI is InChI=1S/C61H44N2Si/c1-6-23-45(24-7-1)61(55-37-18-16-35-53(55)54-36-17-19-38-56(54)61)46-25-22-30-49(43-46)62(47-26-8-2-9-27-47)50-41-42-58-60(44-50)64(51-31-12-4-13-32-51,52-33-14-5-15-34-52)59-40-21-20-39-57(59)63(58)48-28-10-3-11-29-48/h1-44H. The summed E-state index contributed by atoms with van der Waals surface area (Å²) in [5.74, 6) is 0. The molecular weight excluding hydrogens is 789 g/mol. The van der Waals surface area contributed by atoms with Gasteiger partial charge in [0.25, 0.3) is 0 Å². The van der Waals surface area contributed by atoms with E-state index in [0.29, 0.717) is 0 Å². The lowest BCUT2D eigenvalue weighted by Crippen LogP contribution is -2.77. The third-order valence-electron chi connectivity index (χ3n) is 13.6. The summed E-state index contributed by atoms with van der Waals surface area (Å²) in [7, 11) is -2.97. The summed E-state index contributed by atoms with van der Waals surface area (Å²) in [6.07, 6.45) is 0. The van der Waals surface area contributed by atoms with Crippen molar-refractivity contribution in [3.63, 3.8) is 0 Å². The molecule has 64 heavy (non-hydrogen) atoms. The maximum Gasteiger partial charge on any atom is 0.184 e. The van der Waals surface area contributed by atoms with Gasteiger partial charge in [-0.15, -0.1) is 0 Å². The van der Waals surface area contributed by atoms with E-state index in [9.17, 15) is 0 Å². The molecule has 12 rings (SSSR count). The van der Waals surface area contributed by atoms with E-state index >= 15 is 0 Å². The number of para-hydroxylation sites is 3. The molecule has 2 nitrogen and oxygen atoms in total. The molecule has 3 heteroatoms. The Morgan fingerprint density at radius 1 is 0.328 bits per heavy atom. The van der Waals surface area contributed by atoms with Crippen LogP contribution in [0.3, 0.4) is 0 Å². The smallest absolute Gasteiger partial charge is 0.184 e. The molecule has 1 aliphatic carbocycles. The van der Waals surface area contributed by atoms with E-state index in [-0.39, 0.29) is 0 Å². The highest BCUT2D eigenvalue weighted by Gasteiger charge is 2.50. The van der Waals surface area contributed by atoms with Gasteiger partial charge < -0.3 is 9.80 Å². The Balaban J connectivity index is 1.14. The van der Waals surface area contributed by atoms with Crippen molar-refractivity contribution in [1.29, 1.82) is 0 Å². The minimum atomic E-state index is -2.97. The Kier molecular flexibility index (Phi) is 9.10. The first-order valence-electron chi connectivity index (χ1n) is 22.2. The summed E-state index contributed by atoms with van der Waals surface area (Å²) in [6.45, 7) is 0. The lowest BCUT2D eigenvalue weighted by atomic mass is 9.67. The van der Waals surface area contributed by atoms with Crippen LogP contribution in [-0.2, 0) is 5.41 Å². The number of fused-ring (bicyclic) bond motifs is 5. The summed E-state index contributed by atoms with van der Waals surface area (Å²) in [6, 6.07) is 99.2. The predicted octanol–water partition coefficient (Wildman–Crippen LogP) is 12.7. The van der Waals surface area contributed by atoms with Crippen LogP contribution in [0.5, 0.6) is 0 Å². The fraction of sp³-hybridized carbons (Fsp3) is 0.0164. The summed E-state index contributed by atoms with van der Waals surface area (Å²) in [5, 5.41) is 5.44. The monoisotopic (exact) mass is 832 g/mol. The van der Waals surface area contributed by atoms with Crippen molar-refractivity contribution in [2.75, 3.05) is 9.80 Å². The normalized spacial score (nSPS) is 13.8. The van der Waals surface area contributed by atoms with Crippen LogP contribution in [0.15, 0.2) is 267 Å². The first-order valence-corrected chi connectivity index (χ1v) is 24.2. The Bertz CT molecular complexity index is 3190. The zero-order valence-corrected chi connectivity index (χ0v) is 36.3. The molecule has 1 aliphatic heterocycles. The van der Waals surface area contributed by atoms with Crippen molar-refractivity contribution in [2.24, 2.45) is 0 Å². The molecule has 0 saturated heterocycles. The summed E-state index contributed by atoms with van der Waals surface area (Å²) < 4.78 is 0. The molecule has 0 N–H and O–H groups in total. The van der Waals surface area contributed by atoms with E-state index in [1.54, 1.807) is 0 Å². The highest BCUT2D eigenvalue weighted by molar-refractivity contribution is 7.21. The van der Waals surface area contributed by atoms with Crippen molar-refractivity contribution >= 4 is 62.9 Å². The lowest BCUT2D eigenvalue weighted by Gasteiger charge is -2.45. The molecule has 302 valence electrons. The molecule has 0 bridgehead atoms. The summed E-state index contributed by atoms with van der Waals surface area (Å²) in [5.41, 5.74) is 14.0. The fourth-order valence-electron chi connectivity index (χ4n) is 11.1. The number of benzene rings is 10. The lowest BCUT2D eigenvalue weighted by molar-refractivity contribution is 0.768. The molecule has 10 aromatic carbocycles. The first kappa shape index (κ1) is 37.8. The van der Waals surface area contributed by atoms with Gasteiger partial charge in [-0.3, -0.25) is 0 Å². The number of nitrogens with zero attached hydrogens (tertiary/aromatic N) is 2. The third-order valence-corrected chi connectivity index (χ3v) is 18.4. The summed E-state index contributed by atoms with van der Waals surface area (Å²) in [4.78, 5) is 4.95. The van der Waals surface area contributed by atoms with Crippen LogP contribution in [0.1, 0.15) is 22.3 Å². The molecule has 0 saturated carbocycles. The van der Waals surface area contributed by atoms with E-state index in [2.05, 4.69) is 277 Å². The van der Waals surface area contributed by atoms with Crippen LogP contribution in [-0.4, -0.2) is 8.07 Å². The van der Waals surface area contributed by atoms with Crippen LogP contribution in [0.4, 0.5) is 34.1 Å². The number of rotatable bonds is 8. The van der Waals surface area contributed by atoms with E-state index in [0.717, 1.165) is 22.7 Å². The Morgan fingerprint density at radius 3 is 1.44 bits per heavy atom. The Labute approximate surface area is 376 Å².